The first-order valence-corrected chi connectivity index (χ1v) is 12.8. The van der Waals surface area contributed by atoms with E-state index in [4.69, 9.17) is 9.62 Å². The summed E-state index contributed by atoms with van der Waals surface area (Å²) in [5.74, 6) is -1.87. The minimum atomic E-state index is -3.43. The topological polar surface area (TPSA) is 158 Å². The Bertz CT molecular complexity index is 1010. The van der Waals surface area contributed by atoms with E-state index in [0.29, 0.717) is 17.7 Å². The highest BCUT2D eigenvalue weighted by atomic mass is 31.2. The van der Waals surface area contributed by atoms with Crippen molar-refractivity contribution in [1.82, 2.24) is 16.1 Å². The lowest BCUT2D eigenvalue weighted by Gasteiger charge is -2.16. The first kappa shape index (κ1) is 26.3. The maximum atomic E-state index is 12.4. The number of nitrogens with one attached hydrogen (secondary N) is 3. The van der Waals surface area contributed by atoms with E-state index in [2.05, 4.69) is 10.6 Å². The van der Waals surface area contributed by atoms with Crippen LogP contribution in [0, 0.1) is 5.92 Å². The minimum Gasteiger partial charge on any atom is -0.451 e. The molecular weight excluding hydrogens is 449 g/mol. The van der Waals surface area contributed by atoms with Crippen molar-refractivity contribution >= 4 is 30.4 Å². The molecule has 0 saturated carbocycles. The summed E-state index contributed by atoms with van der Waals surface area (Å²) in [5.41, 5.74) is 2.08. The van der Waals surface area contributed by atoms with E-state index in [9.17, 15) is 23.8 Å². The maximum absolute atomic E-state index is 12.4. The SMILES string of the molecule is CCCCC[C@H](CC(=O)NO)C(=O)NCNC(=O)c1ccc(-c2cccc(P(C)(=O)O)c2)o1. The lowest BCUT2D eigenvalue weighted by Crippen LogP contribution is -2.41. The monoisotopic (exact) mass is 479 g/mol. The van der Waals surface area contributed by atoms with Crippen molar-refractivity contribution in [3.05, 3.63) is 42.2 Å². The molecule has 1 aromatic heterocycles. The number of hydroxylamine groups is 1. The van der Waals surface area contributed by atoms with Crippen molar-refractivity contribution in [2.45, 2.75) is 39.0 Å². The Labute approximate surface area is 192 Å². The molecule has 0 aliphatic rings. The van der Waals surface area contributed by atoms with Crippen molar-refractivity contribution in [3.63, 3.8) is 0 Å². The summed E-state index contributed by atoms with van der Waals surface area (Å²) in [6.07, 6.45) is 2.97. The number of hydrogen-bond acceptors (Lipinski definition) is 6. The van der Waals surface area contributed by atoms with Crippen LogP contribution in [0.15, 0.2) is 40.8 Å². The van der Waals surface area contributed by atoms with Gasteiger partial charge in [0.05, 0.1) is 6.67 Å². The molecule has 0 fully saturated rings. The summed E-state index contributed by atoms with van der Waals surface area (Å²) in [4.78, 5) is 46.0. The molecule has 11 heteroatoms. The molecule has 2 rings (SSSR count). The molecule has 2 aromatic rings. The van der Waals surface area contributed by atoms with Gasteiger partial charge in [-0.15, -0.1) is 0 Å². The van der Waals surface area contributed by atoms with Gasteiger partial charge in [-0.25, -0.2) is 5.48 Å². The van der Waals surface area contributed by atoms with Crippen LogP contribution in [0.1, 0.15) is 49.6 Å². The van der Waals surface area contributed by atoms with E-state index in [-0.39, 0.29) is 24.2 Å². The van der Waals surface area contributed by atoms with E-state index >= 15 is 0 Å². The fraction of sp³-hybridized carbons (Fsp3) is 0.409. The molecule has 1 unspecified atom stereocenters. The quantitative estimate of drug-likeness (QED) is 0.103. The van der Waals surface area contributed by atoms with Gasteiger partial charge in [0.15, 0.2) is 5.76 Å². The standard InChI is InChI=1S/C22H30N3O7P/c1-3-4-5-7-16(13-20(26)25-29)21(27)23-14-24-22(28)19-11-10-18(32-19)15-8-6-9-17(12-15)33(2,30)31/h6,8-12,16,29H,3-5,7,13-14H2,1-2H3,(H,23,27)(H,24,28)(H,25,26)(H,30,31)/t16-/m1/s1. The van der Waals surface area contributed by atoms with Gasteiger partial charge in [-0.05, 0) is 30.7 Å². The van der Waals surface area contributed by atoms with Gasteiger partial charge in [0.1, 0.15) is 5.76 Å². The first-order valence-electron chi connectivity index (χ1n) is 10.7. The molecule has 0 aliphatic heterocycles. The molecule has 0 spiro atoms. The Hall–Kier alpha value is -2.94. The number of benzene rings is 1. The molecule has 0 aliphatic carbocycles. The number of carbonyl (C=O) groups excluding carboxylic acids is 3. The highest BCUT2D eigenvalue weighted by Crippen LogP contribution is 2.35. The molecule has 1 aromatic carbocycles. The van der Waals surface area contributed by atoms with Gasteiger partial charge in [0, 0.05) is 29.9 Å². The molecule has 0 radical (unpaired) electrons. The maximum Gasteiger partial charge on any atom is 0.288 e. The Balaban J connectivity index is 1.94. The first-order chi connectivity index (χ1) is 15.7. The molecule has 5 N–H and O–H groups in total. The van der Waals surface area contributed by atoms with Gasteiger partial charge >= 0.3 is 0 Å². The van der Waals surface area contributed by atoms with Crippen LogP contribution < -0.4 is 21.4 Å². The van der Waals surface area contributed by atoms with Crippen LogP contribution in [-0.4, -0.2) is 41.2 Å². The molecule has 10 nitrogen and oxygen atoms in total. The third-order valence-corrected chi connectivity index (χ3v) is 6.27. The second-order valence-electron chi connectivity index (χ2n) is 7.75. The average Bonchev–Trinajstić information content (AvgIpc) is 3.28. The van der Waals surface area contributed by atoms with Crippen LogP contribution in [0.3, 0.4) is 0 Å². The second kappa shape index (κ2) is 12.3. The Morgan fingerprint density at radius 2 is 1.88 bits per heavy atom. The third-order valence-electron chi connectivity index (χ3n) is 5.03. The number of hydrogen-bond donors (Lipinski definition) is 5. The van der Waals surface area contributed by atoms with Crippen LogP contribution in [0.25, 0.3) is 11.3 Å². The lowest BCUT2D eigenvalue weighted by atomic mass is 9.96. The number of unbranched alkanes of at least 4 members (excludes halogenated alkanes) is 2. The number of carbonyl (C=O) groups is 3. The van der Waals surface area contributed by atoms with Crippen LogP contribution in [0.2, 0.25) is 0 Å². The Morgan fingerprint density at radius 1 is 1.12 bits per heavy atom. The van der Waals surface area contributed by atoms with Crippen molar-refractivity contribution in [1.29, 1.82) is 0 Å². The predicted molar refractivity (Wildman–Crippen MR) is 122 cm³/mol. The molecule has 2 atom stereocenters. The van der Waals surface area contributed by atoms with Crippen LogP contribution >= 0.6 is 7.37 Å². The molecule has 0 saturated heterocycles. The van der Waals surface area contributed by atoms with E-state index < -0.39 is 31.0 Å². The minimum absolute atomic E-state index is 0.00693. The molecular formula is C22H30N3O7P. The summed E-state index contributed by atoms with van der Waals surface area (Å²) in [6.45, 7) is 3.10. The normalized spacial score (nSPS) is 13.6. The lowest BCUT2D eigenvalue weighted by molar-refractivity contribution is -0.135. The van der Waals surface area contributed by atoms with Gasteiger partial charge in [0.2, 0.25) is 19.2 Å². The fourth-order valence-electron chi connectivity index (χ4n) is 3.21. The molecule has 0 bridgehead atoms. The smallest absolute Gasteiger partial charge is 0.288 e. The van der Waals surface area contributed by atoms with E-state index in [1.54, 1.807) is 24.3 Å². The van der Waals surface area contributed by atoms with E-state index in [1.807, 2.05) is 6.92 Å². The summed E-state index contributed by atoms with van der Waals surface area (Å²) in [5, 5.41) is 14.1. The molecule has 1 heterocycles. The third kappa shape index (κ3) is 8.16. The molecule has 33 heavy (non-hydrogen) atoms. The highest BCUT2D eigenvalue weighted by molar-refractivity contribution is 7.65. The zero-order chi connectivity index (χ0) is 24.4. The zero-order valence-corrected chi connectivity index (χ0v) is 19.6. The summed E-state index contributed by atoms with van der Waals surface area (Å²) in [7, 11) is -3.43. The summed E-state index contributed by atoms with van der Waals surface area (Å²) < 4.78 is 17.4. The van der Waals surface area contributed by atoms with Crippen molar-refractivity contribution in [2.24, 2.45) is 5.92 Å². The van der Waals surface area contributed by atoms with Gasteiger partial charge in [-0.2, -0.15) is 0 Å². The van der Waals surface area contributed by atoms with Crippen molar-refractivity contribution in [2.75, 3.05) is 13.3 Å². The fourth-order valence-corrected chi connectivity index (χ4v) is 3.95. The largest absolute Gasteiger partial charge is 0.451 e. The summed E-state index contributed by atoms with van der Waals surface area (Å²) >= 11 is 0. The number of amides is 3. The van der Waals surface area contributed by atoms with Gasteiger partial charge in [-0.3, -0.25) is 24.2 Å². The van der Waals surface area contributed by atoms with Crippen LogP contribution in [0.4, 0.5) is 0 Å². The van der Waals surface area contributed by atoms with Gasteiger partial charge < -0.3 is 19.9 Å². The zero-order valence-electron chi connectivity index (χ0n) is 18.7. The Morgan fingerprint density at radius 3 is 2.55 bits per heavy atom. The van der Waals surface area contributed by atoms with Crippen LogP contribution in [0.5, 0.6) is 0 Å². The van der Waals surface area contributed by atoms with Crippen molar-refractivity contribution in [3.8, 4) is 11.3 Å². The number of furan rings is 1. The predicted octanol–water partition coefficient (Wildman–Crippen LogP) is 2.37. The molecule has 3 amide bonds. The van der Waals surface area contributed by atoms with Crippen molar-refractivity contribution < 1.29 is 33.5 Å². The summed E-state index contributed by atoms with van der Waals surface area (Å²) in [6, 6.07) is 9.43. The van der Waals surface area contributed by atoms with Gasteiger partial charge in [0.25, 0.3) is 5.91 Å². The number of rotatable bonds is 12. The molecule has 180 valence electrons. The van der Waals surface area contributed by atoms with Gasteiger partial charge in [-0.1, -0.05) is 38.3 Å². The second-order valence-corrected chi connectivity index (χ2v) is 10.0. The van der Waals surface area contributed by atoms with E-state index in [1.165, 1.54) is 24.3 Å². The average molecular weight is 479 g/mol. The van der Waals surface area contributed by atoms with E-state index in [0.717, 1.165) is 19.3 Å². The Kier molecular flexibility index (Phi) is 9.84. The van der Waals surface area contributed by atoms with Crippen LogP contribution in [-0.2, 0) is 14.2 Å². The highest BCUT2D eigenvalue weighted by Gasteiger charge is 2.22.